The van der Waals surface area contributed by atoms with Gasteiger partial charge in [-0.05, 0) is 70.1 Å². The number of ether oxygens (including phenoxy) is 1. The second-order valence-corrected chi connectivity index (χ2v) is 14.1. The molecule has 0 saturated heterocycles. The van der Waals surface area contributed by atoms with E-state index in [-0.39, 0.29) is 5.04 Å². The van der Waals surface area contributed by atoms with Crippen molar-refractivity contribution < 1.29 is 18.5 Å². The van der Waals surface area contributed by atoms with Gasteiger partial charge in [-0.25, -0.2) is 4.79 Å². The van der Waals surface area contributed by atoms with Gasteiger partial charge in [0.05, 0.1) is 0 Å². The lowest BCUT2D eigenvalue weighted by molar-refractivity contribution is 0.00686. The Hall–Kier alpha value is -2.08. The molecule has 0 aliphatic carbocycles. The number of esters is 1. The van der Waals surface area contributed by atoms with E-state index in [1.807, 2.05) is 45.0 Å². The SMILES string of the molecule is Cc1onc(-c2ccc(O[Si](C)(C)C(C)(C)C)cc2)c1C(=O)OC(C)(C)C. The third kappa shape index (κ3) is 5.00. The minimum absolute atomic E-state index is 0.124. The van der Waals surface area contributed by atoms with Crippen molar-refractivity contribution >= 4 is 14.3 Å². The van der Waals surface area contributed by atoms with Crippen LogP contribution in [0.25, 0.3) is 11.3 Å². The van der Waals surface area contributed by atoms with Crippen LogP contribution in [0.15, 0.2) is 28.8 Å². The molecule has 2 rings (SSSR count). The first-order valence-corrected chi connectivity index (χ1v) is 12.1. The maximum Gasteiger partial charge on any atom is 0.344 e. The fraction of sp³-hybridized carbons (Fsp3) is 0.524. The molecule has 0 bridgehead atoms. The molecule has 2 aromatic rings. The molecule has 6 heteroatoms. The highest BCUT2D eigenvalue weighted by Gasteiger charge is 2.39. The lowest BCUT2D eigenvalue weighted by Crippen LogP contribution is -2.43. The largest absolute Gasteiger partial charge is 0.544 e. The molecular weight excluding hydrogens is 358 g/mol. The lowest BCUT2D eigenvalue weighted by atomic mass is 10.1. The van der Waals surface area contributed by atoms with Crippen LogP contribution in [0.3, 0.4) is 0 Å². The zero-order chi connectivity index (χ0) is 20.6. The van der Waals surface area contributed by atoms with E-state index in [4.69, 9.17) is 13.7 Å². The van der Waals surface area contributed by atoms with Crippen molar-refractivity contribution in [2.75, 3.05) is 0 Å². The van der Waals surface area contributed by atoms with Gasteiger partial charge in [0.15, 0.2) is 0 Å². The Bertz CT molecular complexity index is 808. The Morgan fingerprint density at radius 1 is 1.04 bits per heavy atom. The van der Waals surface area contributed by atoms with Gasteiger partial charge in [0, 0.05) is 5.56 Å². The Morgan fingerprint density at radius 2 is 1.59 bits per heavy atom. The van der Waals surface area contributed by atoms with E-state index < -0.39 is 19.9 Å². The zero-order valence-electron chi connectivity index (χ0n) is 17.9. The third-order valence-electron chi connectivity index (χ3n) is 4.77. The van der Waals surface area contributed by atoms with Crippen LogP contribution >= 0.6 is 0 Å². The molecule has 148 valence electrons. The first kappa shape index (κ1) is 21.2. The van der Waals surface area contributed by atoms with E-state index in [1.54, 1.807) is 6.92 Å². The van der Waals surface area contributed by atoms with Gasteiger partial charge in [-0.1, -0.05) is 25.9 Å². The molecule has 0 radical (unpaired) electrons. The second-order valence-electron chi connectivity index (χ2n) is 9.35. The predicted octanol–water partition coefficient (Wildman–Crippen LogP) is 5.99. The number of carbonyl (C=O) groups is 1. The van der Waals surface area contributed by atoms with Crippen LogP contribution in [-0.4, -0.2) is 25.0 Å². The zero-order valence-corrected chi connectivity index (χ0v) is 18.9. The Labute approximate surface area is 163 Å². The summed E-state index contributed by atoms with van der Waals surface area (Å²) in [5.41, 5.74) is 1.05. The average Bonchev–Trinajstić information content (AvgIpc) is 2.86. The van der Waals surface area contributed by atoms with Crippen LogP contribution in [0, 0.1) is 6.92 Å². The Kier molecular flexibility index (Phi) is 5.62. The molecule has 27 heavy (non-hydrogen) atoms. The van der Waals surface area contributed by atoms with E-state index in [2.05, 4.69) is 39.0 Å². The predicted molar refractivity (Wildman–Crippen MR) is 110 cm³/mol. The summed E-state index contributed by atoms with van der Waals surface area (Å²) in [5, 5.41) is 4.20. The summed E-state index contributed by atoms with van der Waals surface area (Å²) in [7, 11) is -1.90. The highest BCUT2D eigenvalue weighted by atomic mass is 28.4. The van der Waals surface area contributed by atoms with E-state index in [9.17, 15) is 4.79 Å². The molecule has 1 aromatic carbocycles. The summed E-state index contributed by atoms with van der Waals surface area (Å²) in [6.07, 6.45) is 0. The van der Waals surface area contributed by atoms with E-state index in [0.29, 0.717) is 17.0 Å². The molecule has 0 aliphatic heterocycles. The summed E-state index contributed by atoms with van der Waals surface area (Å²) in [6.45, 7) is 18.3. The van der Waals surface area contributed by atoms with E-state index >= 15 is 0 Å². The van der Waals surface area contributed by atoms with Gasteiger partial charge in [0.25, 0.3) is 0 Å². The fourth-order valence-electron chi connectivity index (χ4n) is 2.27. The fourth-order valence-corrected chi connectivity index (χ4v) is 3.30. The first-order valence-electron chi connectivity index (χ1n) is 9.20. The lowest BCUT2D eigenvalue weighted by Gasteiger charge is -2.36. The van der Waals surface area contributed by atoms with Gasteiger partial charge in [-0.3, -0.25) is 0 Å². The molecule has 0 amide bonds. The maximum absolute atomic E-state index is 12.6. The normalized spacial score (nSPS) is 12.8. The van der Waals surface area contributed by atoms with E-state index in [0.717, 1.165) is 11.3 Å². The van der Waals surface area contributed by atoms with Crippen molar-refractivity contribution in [1.82, 2.24) is 5.16 Å². The minimum Gasteiger partial charge on any atom is -0.544 e. The Balaban J connectivity index is 2.30. The molecule has 0 N–H and O–H groups in total. The molecule has 0 fully saturated rings. The average molecular weight is 390 g/mol. The van der Waals surface area contributed by atoms with Crippen molar-refractivity contribution in [3.05, 3.63) is 35.6 Å². The van der Waals surface area contributed by atoms with Crippen molar-refractivity contribution in [2.45, 2.75) is 72.2 Å². The molecule has 0 spiro atoms. The number of benzene rings is 1. The molecule has 0 aliphatic rings. The first-order chi connectivity index (χ1) is 12.2. The van der Waals surface area contributed by atoms with Crippen molar-refractivity contribution in [3.63, 3.8) is 0 Å². The summed E-state index contributed by atoms with van der Waals surface area (Å²) in [4.78, 5) is 12.6. The van der Waals surface area contributed by atoms with Gasteiger partial charge < -0.3 is 13.7 Å². The molecular formula is C21H31NO4Si. The summed E-state index contributed by atoms with van der Waals surface area (Å²) >= 11 is 0. The monoisotopic (exact) mass is 389 g/mol. The maximum atomic E-state index is 12.6. The standard InChI is InChI=1S/C21H31NO4Si/c1-14-17(19(23)24-20(2,3)4)18(22-25-14)15-10-12-16(13-11-15)26-27(8,9)21(5,6)7/h10-13H,1-9H3. The van der Waals surface area contributed by atoms with Crippen LogP contribution < -0.4 is 4.43 Å². The van der Waals surface area contributed by atoms with Crippen LogP contribution in [0.5, 0.6) is 5.75 Å². The van der Waals surface area contributed by atoms with Gasteiger partial charge in [-0.15, -0.1) is 0 Å². The number of nitrogens with zero attached hydrogens (tertiary/aromatic N) is 1. The topological polar surface area (TPSA) is 61.6 Å². The van der Waals surface area contributed by atoms with Crippen molar-refractivity contribution in [1.29, 1.82) is 0 Å². The minimum atomic E-state index is -1.90. The molecule has 0 unspecified atom stereocenters. The van der Waals surface area contributed by atoms with Gasteiger partial charge >= 0.3 is 5.97 Å². The highest BCUT2D eigenvalue weighted by Crippen LogP contribution is 2.38. The number of rotatable bonds is 4. The smallest absolute Gasteiger partial charge is 0.344 e. The molecule has 1 heterocycles. The second kappa shape index (κ2) is 7.15. The number of aromatic nitrogens is 1. The Morgan fingerprint density at radius 3 is 2.07 bits per heavy atom. The summed E-state index contributed by atoms with van der Waals surface area (Å²) in [6, 6.07) is 7.62. The number of carbonyl (C=O) groups excluding carboxylic acids is 1. The molecule has 1 aromatic heterocycles. The third-order valence-corrected chi connectivity index (χ3v) is 9.13. The van der Waals surface area contributed by atoms with Gasteiger partial charge in [0.1, 0.15) is 28.4 Å². The molecule has 5 nitrogen and oxygen atoms in total. The number of hydrogen-bond acceptors (Lipinski definition) is 5. The quantitative estimate of drug-likeness (QED) is 0.475. The van der Waals surface area contributed by atoms with Crippen LogP contribution in [-0.2, 0) is 4.74 Å². The molecule has 0 saturated carbocycles. The van der Waals surface area contributed by atoms with Crippen molar-refractivity contribution in [2.24, 2.45) is 0 Å². The van der Waals surface area contributed by atoms with Gasteiger partial charge in [-0.2, -0.15) is 0 Å². The van der Waals surface area contributed by atoms with Crippen LogP contribution in [0.1, 0.15) is 57.7 Å². The highest BCUT2D eigenvalue weighted by molar-refractivity contribution is 6.74. The number of aryl methyl sites for hydroxylation is 1. The molecule has 0 atom stereocenters. The van der Waals surface area contributed by atoms with E-state index in [1.165, 1.54) is 0 Å². The van der Waals surface area contributed by atoms with Crippen LogP contribution in [0.2, 0.25) is 18.1 Å². The summed E-state index contributed by atoms with van der Waals surface area (Å²) < 4.78 is 17.1. The summed E-state index contributed by atoms with van der Waals surface area (Å²) in [5.74, 6) is 0.836. The van der Waals surface area contributed by atoms with Crippen LogP contribution in [0.4, 0.5) is 0 Å². The van der Waals surface area contributed by atoms with Crippen molar-refractivity contribution in [3.8, 4) is 17.0 Å². The number of hydrogen-bond donors (Lipinski definition) is 0. The van der Waals surface area contributed by atoms with Gasteiger partial charge in [0.2, 0.25) is 8.32 Å².